The van der Waals surface area contributed by atoms with E-state index in [1.54, 1.807) is 6.33 Å². The molecule has 0 bridgehead atoms. The van der Waals surface area contributed by atoms with Gasteiger partial charge in [0.25, 0.3) is 0 Å². The lowest BCUT2D eigenvalue weighted by Crippen LogP contribution is -2.37. The molecule has 3 N–H and O–H groups in total. The topological polar surface area (TPSA) is 76.3 Å². The minimum Gasteiger partial charge on any atom is -0.379 e. The van der Waals surface area contributed by atoms with Crippen molar-refractivity contribution < 1.29 is 4.74 Å². The lowest BCUT2D eigenvalue weighted by atomic mass is 9.79. The van der Waals surface area contributed by atoms with Gasteiger partial charge in [-0.3, -0.25) is 4.90 Å². The van der Waals surface area contributed by atoms with E-state index in [2.05, 4.69) is 26.3 Å². The molecular weight excluding hydrogens is 266 g/mol. The summed E-state index contributed by atoms with van der Waals surface area (Å²) in [7, 11) is 0. The number of nitrogens with one attached hydrogen (secondary N) is 1. The van der Waals surface area contributed by atoms with Crippen molar-refractivity contribution >= 4 is 5.82 Å². The Kier molecular flexibility index (Phi) is 5.00. The maximum atomic E-state index is 5.84. The molecule has 0 spiro atoms. The van der Waals surface area contributed by atoms with Crippen LogP contribution >= 0.6 is 0 Å². The summed E-state index contributed by atoms with van der Waals surface area (Å²) in [5, 5.41) is 3.40. The first-order valence-electron chi connectivity index (χ1n) is 7.93. The molecule has 0 aromatic carbocycles. The number of ether oxygens (including phenoxy) is 1. The van der Waals surface area contributed by atoms with Crippen LogP contribution in [-0.4, -0.2) is 60.3 Å². The van der Waals surface area contributed by atoms with Crippen molar-refractivity contribution in [2.24, 2.45) is 5.73 Å². The maximum absolute atomic E-state index is 5.84. The summed E-state index contributed by atoms with van der Waals surface area (Å²) in [6.45, 7) is 5.90. The van der Waals surface area contributed by atoms with E-state index in [0.29, 0.717) is 12.0 Å². The summed E-state index contributed by atoms with van der Waals surface area (Å²) in [4.78, 5) is 11.1. The standard InChI is InChI=1S/C15H25N5O/c16-13-8-12(9-13)14-10-15(19-11-18-14)17-2-1-3-20-4-6-21-7-5-20/h10-13H,1-9,16H2,(H,17,18,19). The number of hydrogen-bond donors (Lipinski definition) is 2. The third-order valence-corrected chi connectivity index (χ3v) is 4.34. The van der Waals surface area contributed by atoms with Crippen LogP contribution in [0.1, 0.15) is 30.9 Å². The van der Waals surface area contributed by atoms with Gasteiger partial charge in [-0.2, -0.15) is 0 Å². The highest BCUT2D eigenvalue weighted by Gasteiger charge is 2.28. The molecule has 0 unspecified atom stereocenters. The van der Waals surface area contributed by atoms with Crippen LogP contribution in [0.5, 0.6) is 0 Å². The molecule has 21 heavy (non-hydrogen) atoms. The molecule has 0 radical (unpaired) electrons. The summed E-state index contributed by atoms with van der Waals surface area (Å²) in [6, 6.07) is 2.43. The summed E-state index contributed by atoms with van der Waals surface area (Å²) < 4.78 is 5.35. The van der Waals surface area contributed by atoms with E-state index in [9.17, 15) is 0 Å². The van der Waals surface area contributed by atoms with E-state index in [4.69, 9.17) is 10.5 Å². The van der Waals surface area contributed by atoms with Crippen molar-refractivity contribution in [2.75, 3.05) is 44.7 Å². The first kappa shape index (κ1) is 14.7. The Bertz CT molecular complexity index is 443. The quantitative estimate of drug-likeness (QED) is 0.756. The largest absolute Gasteiger partial charge is 0.379 e. The number of aromatic nitrogens is 2. The van der Waals surface area contributed by atoms with E-state index in [-0.39, 0.29) is 0 Å². The number of nitrogens with zero attached hydrogens (tertiary/aromatic N) is 3. The molecule has 2 heterocycles. The Morgan fingerprint density at radius 1 is 1.29 bits per heavy atom. The van der Waals surface area contributed by atoms with Gasteiger partial charge < -0.3 is 15.8 Å². The summed E-state index contributed by atoms with van der Waals surface area (Å²) in [5.41, 5.74) is 6.97. The second kappa shape index (κ2) is 7.15. The van der Waals surface area contributed by atoms with Crippen LogP contribution in [0.4, 0.5) is 5.82 Å². The van der Waals surface area contributed by atoms with Gasteiger partial charge in [0.15, 0.2) is 0 Å². The van der Waals surface area contributed by atoms with Crippen LogP contribution in [0.25, 0.3) is 0 Å². The SMILES string of the molecule is NC1CC(c2cc(NCCCN3CCOCC3)ncn2)C1. The van der Waals surface area contributed by atoms with Gasteiger partial charge in [0.05, 0.1) is 13.2 Å². The van der Waals surface area contributed by atoms with Crippen molar-refractivity contribution in [3.05, 3.63) is 18.1 Å². The van der Waals surface area contributed by atoms with Crippen LogP contribution in [0, 0.1) is 0 Å². The van der Waals surface area contributed by atoms with Crippen molar-refractivity contribution in [1.29, 1.82) is 0 Å². The number of rotatable bonds is 6. The highest BCUT2D eigenvalue weighted by molar-refractivity contribution is 5.36. The molecule has 0 amide bonds. The Morgan fingerprint density at radius 3 is 2.86 bits per heavy atom. The molecule has 1 saturated heterocycles. The van der Waals surface area contributed by atoms with Crippen LogP contribution in [0.2, 0.25) is 0 Å². The molecule has 116 valence electrons. The normalized spacial score (nSPS) is 26.3. The van der Waals surface area contributed by atoms with Gasteiger partial charge in [0.2, 0.25) is 0 Å². The zero-order valence-electron chi connectivity index (χ0n) is 12.5. The average Bonchev–Trinajstić information content (AvgIpc) is 2.50. The van der Waals surface area contributed by atoms with Gasteiger partial charge >= 0.3 is 0 Å². The first-order chi connectivity index (χ1) is 10.3. The van der Waals surface area contributed by atoms with E-state index in [1.807, 2.05) is 0 Å². The van der Waals surface area contributed by atoms with E-state index < -0.39 is 0 Å². The first-order valence-corrected chi connectivity index (χ1v) is 7.93. The fourth-order valence-electron chi connectivity index (χ4n) is 2.94. The van der Waals surface area contributed by atoms with Crippen LogP contribution in [0.3, 0.4) is 0 Å². The van der Waals surface area contributed by atoms with Crippen LogP contribution < -0.4 is 11.1 Å². The molecule has 1 aliphatic carbocycles. The third-order valence-electron chi connectivity index (χ3n) is 4.34. The zero-order chi connectivity index (χ0) is 14.5. The maximum Gasteiger partial charge on any atom is 0.129 e. The molecule has 2 aliphatic rings. The lowest BCUT2D eigenvalue weighted by molar-refractivity contribution is 0.0378. The monoisotopic (exact) mass is 291 g/mol. The molecular formula is C15H25N5O. The molecule has 2 fully saturated rings. The zero-order valence-corrected chi connectivity index (χ0v) is 12.5. The fourth-order valence-corrected chi connectivity index (χ4v) is 2.94. The molecule has 1 saturated carbocycles. The molecule has 1 aromatic heterocycles. The molecule has 1 aromatic rings. The average molecular weight is 291 g/mol. The predicted octanol–water partition coefficient (Wildman–Crippen LogP) is 0.815. The van der Waals surface area contributed by atoms with Gasteiger partial charge in [0.1, 0.15) is 12.1 Å². The third kappa shape index (κ3) is 4.12. The van der Waals surface area contributed by atoms with Gasteiger partial charge in [-0.1, -0.05) is 0 Å². The van der Waals surface area contributed by atoms with Gasteiger partial charge in [0, 0.05) is 43.4 Å². The Morgan fingerprint density at radius 2 is 2.10 bits per heavy atom. The Balaban J connectivity index is 1.39. The number of hydrogen-bond acceptors (Lipinski definition) is 6. The van der Waals surface area contributed by atoms with Crippen molar-refractivity contribution in [1.82, 2.24) is 14.9 Å². The Labute approximate surface area is 126 Å². The number of morpholine rings is 1. The van der Waals surface area contributed by atoms with Crippen molar-refractivity contribution in [3.8, 4) is 0 Å². The molecule has 6 heteroatoms. The minimum atomic E-state index is 0.356. The fraction of sp³-hybridized carbons (Fsp3) is 0.733. The van der Waals surface area contributed by atoms with Gasteiger partial charge in [-0.05, 0) is 25.8 Å². The number of anilines is 1. The highest BCUT2D eigenvalue weighted by Crippen LogP contribution is 2.34. The molecule has 6 nitrogen and oxygen atoms in total. The molecule has 0 atom stereocenters. The van der Waals surface area contributed by atoms with E-state index in [0.717, 1.165) is 70.2 Å². The number of nitrogens with two attached hydrogens (primary N) is 1. The summed E-state index contributed by atoms with van der Waals surface area (Å²) >= 11 is 0. The van der Waals surface area contributed by atoms with Crippen molar-refractivity contribution in [3.63, 3.8) is 0 Å². The van der Waals surface area contributed by atoms with Crippen LogP contribution in [0.15, 0.2) is 12.4 Å². The summed E-state index contributed by atoms with van der Waals surface area (Å²) in [6.07, 6.45) is 4.87. The van der Waals surface area contributed by atoms with Gasteiger partial charge in [-0.25, -0.2) is 9.97 Å². The summed E-state index contributed by atoms with van der Waals surface area (Å²) in [5.74, 6) is 1.46. The smallest absolute Gasteiger partial charge is 0.129 e. The predicted molar refractivity (Wildman–Crippen MR) is 82.3 cm³/mol. The second-order valence-corrected chi connectivity index (χ2v) is 5.99. The molecule has 3 rings (SSSR count). The highest BCUT2D eigenvalue weighted by atomic mass is 16.5. The van der Waals surface area contributed by atoms with Crippen LogP contribution in [-0.2, 0) is 4.74 Å². The van der Waals surface area contributed by atoms with Crippen molar-refractivity contribution in [2.45, 2.75) is 31.2 Å². The molecule has 1 aliphatic heterocycles. The van der Waals surface area contributed by atoms with E-state index >= 15 is 0 Å². The van der Waals surface area contributed by atoms with Gasteiger partial charge in [-0.15, -0.1) is 0 Å². The van der Waals surface area contributed by atoms with E-state index in [1.165, 1.54) is 0 Å². The minimum absolute atomic E-state index is 0.356. The lowest BCUT2D eigenvalue weighted by Gasteiger charge is -2.31. The Hall–Kier alpha value is -1.24. The second-order valence-electron chi connectivity index (χ2n) is 5.99.